The van der Waals surface area contributed by atoms with E-state index in [1.165, 1.54) is 17.1 Å². The average molecular weight is 513 g/mol. The number of carbonyl (C=O) groups excluding carboxylic acids is 1. The minimum atomic E-state index is -1.05. The third kappa shape index (κ3) is 4.30. The first-order chi connectivity index (χ1) is 17.9. The summed E-state index contributed by atoms with van der Waals surface area (Å²) in [5.41, 5.74) is 5.85. The van der Waals surface area contributed by atoms with Gasteiger partial charge < -0.3 is 10.2 Å². The molecule has 1 saturated carbocycles. The van der Waals surface area contributed by atoms with E-state index >= 15 is 0 Å². The van der Waals surface area contributed by atoms with E-state index < -0.39 is 5.97 Å². The SMILES string of the molecule is CC1=NN(C2=CC3C(C=C2)C(C)(C)CC3(C)C)C(=O)/C1=N\Nc1cccc(-c2cccc(C(=O)O)c2)c1O. The van der Waals surface area contributed by atoms with Crippen LogP contribution in [-0.2, 0) is 4.79 Å². The number of para-hydroxylation sites is 1. The Morgan fingerprint density at radius 2 is 1.82 bits per heavy atom. The van der Waals surface area contributed by atoms with Crippen molar-refractivity contribution in [3.05, 3.63) is 72.0 Å². The van der Waals surface area contributed by atoms with Crippen LogP contribution in [0.2, 0.25) is 0 Å². The molecule has 3 aliphatic rings. The van der Waals surface area contributed by atoms with Gasteiger partial charge in [0.2, 0.25) is 0 Å². The minimum absolute atomic E-state index is 0.105. The lowest BCUT2D eigenvalue weighted by Crippen LogP contribution is -2.31. The molecular formula is C30H32N4O4. The van der Waals surface area contributed by atoms with Crippen molar-refractivity contribution >= 4 is 29.0 Å². The number of carboxylic acids is 1. The van der Waals surface area contributed by atoms with Crippen molar-refractivity contribution in [1.29, 1.82) is 0 Å². The molecule has 5 rings (SSSR count). The number of hydrazone groups is 2. The molecule has 8 nitrogen and oxygen atoms in total. The highest BCUT2D eigenvalue weighted by Gasteiger charge is 2.51. The number of carbonyl (C=O) groups is 2. The number of nitrogens with one attached hydrogen (secondary N) is 1. The number of fused-ring (bicyclic) bond motifs is 1. The van der Waals surface area contributed by atoms with Crippen LogP contribution in [-0.4, -0.2) is 38.5 Å². The Kier molecular flexibility index (Phi) is 6.01. The molecule has 38 heavy (non-hydrogen) atoms. The molecule has 0 bridgehead atoms. The molecule has 196 valence electrons. The number of hydrogen-bond acceptors (Lipinski definition) is 6. The summed E-state index contributed by atoms with van der Waals surface area (Å²) in [5, 5.41) is 30.4. The first-order valence-corrected chi connectivity index (χ1v) is 12.7. The number of hydrogen-bond donors (Lipinski definition) is 3. The van der Waals surface area contributed by atoms with Crippen molar-refractivity contribution in [1.82, 2.24) is 5.01 Å². The number of rotatable bonds is 5. The van der Waals surface area contributed by atoms with Gasteiger partial charge in [-0.05, 0) is 65.8 Å². The molecule has 2 atom stereocenters. The number of phenolic OH excluding ortho intramolecular Hbond substituents is 1. The molecule has 1 amide bonds. The van der Waals surface area contributed by atoms with E-state index in [0.717, 1.165) is 12.1 Å². The van der Waals surface area contributed by atoms with E-state index in [1.807, 2.05) is 6.08 Å². The summed E-state index contributed by atoms with van der Waals surface area (Å²) in [6, 6.07) is 11.3. The average Bonchev–Trinajstić information content (AvgIpc) is 3.25. The highest BCUT2D eigenvalue weighted by molar-refractivity contribution is 6.68. The van der Waals surface area contributed by atoms with Gasteiger partial charge in [0.1, 0.15) is 5.75 Å². The number of carboxylic acid groups (broad SMARTS) is 1. The van der Waals surface area contributed by atoms with Crippen molar-refractivity contribution in [2.24, 2.45) is 32.9 Å². The molecule has 0 spiro atoms. The van der Waals surface area contributed by atoms with Crippen molar-refractivity contribution < 1.29 is 19.8 Å². The topological polar surface area (TPSA) is 115 Å². The zero-order valence-electron chi connectivity index (χ0n) is 22.2. The van der Waals surface area contributed by atoms with Gasteiger partial charge in [-0.3, -0.25) is 10.2 Å². The van der Waals surface area contributed by atoms with E-state index in [0.29, 0.717) is 28.7 Å². The second-order valence-electron chi connectivity index (χ2n) is 11.6. The van der Waals surface area contributed by atoms with Gasteiger partial charge in [-0.2, -0.15) is 15.2 Å². The van der Waals surface area contributed by atoms with E-state index in [9.17, 15) is 19.8 Å². The Labute approximate surface area is 222 Å². The Balaban J connectivity index is 1.38. The van der Waals surface area contributed by atoms with Crippen molar-refractivity contribution in [2.75, 3.05) is 5.43 Å². The summed E-state index contributed by atoms with van der Waals surface area (Å²) in [5.74, 6) is -0.787. The van der Waals surface area contributed by atoms with Crippen LogP contribution in [0.25, 0.3) is 11.1 Å². The minimum Gasteiger partial charge on any atom is -0.505 e. The molecule has 0 radical (unpaired) electrons. The van der Waals surface area contributed by atoms with Crippen LogP contribution in [0.15, 0.2) is 76.6 Å². The summed E-state index contributed by atoms with van der Waals surface area (Å²) in [6.07, 6.45) is 7.46. The highest BCUT2D eigenvalue weighted by Crippen LogP contribution is 2.59. The van der Waals surface area contributed by atoms with Gasteiger partial charge >= 0.3 is 11.9 Å². The van der Waals surface area contributed by atoms with Gasteiger partial charge in [0.25, 0.3) is 0 Å². The molecule has 1 heterocycles. The van der Waals surface area contributed by atoms with Crippen LogP contribution in [0, 0.1) is 22.7 Å². The molecule has 0 saturated heterocycles. The van der Waals surface area contributed by atoms with Gasteiger partial charge in [-0.25, -0.2) is 4.79 Å². The third-order valence-electron chi connectivity index (χ3n) is 7.90. The molecule has 2 aromatic rings. The predicted octanol–water partition coefficient (Wildman–Crippen LogP) is 5.89. The zero-order chi connectivity index (χ0) is 27.4. The van der Waals surface area contributed by atoms with Gasteiger partial charge in [0, 0.05) is 5.56 Å². The first-order valence-electron chi connectivity index (χ1n) is 12.7. The Bertz CT molecular complexity index is 1460. The standard InChI is InChI=1S/C30H32N4O4/c1-17-25(27(36)34(33-17)20-12-13-22-23(15-20)30(4,5)16-29(22,2)3)32-31-24-11-7-10-21(26(24)35)18-8-6-9-19(14-18)28(37)38/h6-15,22-23,31,35H,16H2,1-5H3,(H,37,38)/b32-25-. The summed E-state index contributed by atoms with van der Waals surface area (Å²) in [7, 11) is 0. The number of aromatic hydroxyl groups is 1. The van der Waals surface area contributed by atoms with E-state index in [1.54, 1.807) is 37.3 Å². The predicted molar refractivity (Wildman–Crippen MR) is 148 cm³/mol. The molecule has 2 aromatic carbocycles. The summed E-state index contributed by atoms with van der Waals surface area (Å²) in [6.45, 7) is 10.9. The largest absolute Gasteiger partial charge is 0.505 e. The second kappa shape index (κ2) is 8.97. The smallest absolute Gasteiger partial charge is 0.335 e. The third-order valence-corrected chi connectivity index (χ3v) is 7.90. The fraction of sp³-hybridized carbons (Fsp3) is 0.333. The van der Waals surface area contributed by atoms with Crippen molar-refractivity contribution in [3.63, 3.8) is 0 Å². The number of anilines is 1. The quantitative estimate of drug-likeness (QED) is 0.342. The van der Waals surface area contributed by atoms with Crippen LogP contribution in [0.1, 0.15) is 51.4 Å². The molecule has 2 unspecified atom stereocenters. The summed E-state index contributed by atoms with van der Waals surface area (Å²) >= 11 is 0. The lowest BCUT2D eigenvalue weighted by molar-refractivity contribution is -0.121. The maximum absolute atomic E-state index is 13.3. The highest BCUT2D eigenvalue weighted by atomic mass is 16.4. The monoisotopic (exact) mass is 512 g/mol. The van der Waals surface area contributed by atoms with Crippen LogP contribution in [0.3, 0.4) is 0 Å². The number of benzene rings is 2. The summed E-state index contributed by atoms with van der Waals surface area (Å²) in [4.78, 5) is 24.7. The van der Waals surface area contributed by atoms with Gasteiger partial charge in [-0.1, -0.05) is 64.1 Å². The second-order valence-corrected chi connectivity index (χ2v) is 11.6. The van der Waals surface area contributed by atoms with Crippen LogP contribution < -0.4 is 5.43 Å². The van der Waals surface area contributed by atoms with E-state index in [4.69, 9.17) is 0 Å². The van der Waals surface area contributed by atoms with Gasteiger partial charge in [0.15, 0.2) is 5.71 Å². The molecule has 3 N–H and O–H groups in total. The fourth-order valence-corrected chi connectivity index (χ4v) is 6.28. The number of aromatic carboxylic acids is 1. The molecule has 1 fully saturated rings. The Morgan fingerprint density at radius 3 is 2.55 bits per heavy atom. The van der Waals surface area contributed by atoms with Gasteiger partial charge in [-0.15, -0.1) is 0 Å². The summed E-state index contributed by atoms with van der Waals surface area (Å²) < 4.78 is 0. The first kappa shape index (κ1) is 25.4. The fourth-order valence-electron chi connectivity index (χ4n) is 6.28. The Hall–Kier alpha value is -4.20. The number of amides is 1. The van der Waals surface area contributed by atoms with Crippen LogP contribution in [0.5, 0.6) is 5.75 Å². The lowest BCUT2D eigenvalue weighted by Gasteiger charge is -2.32. The molecule has 2 aliphatic carbocycles. The maximum atomic E-state index is 13.3. The Morgan fingerprint density at radius 1 is 1.11 bits per heavy atom. The zero-order valence-corrected chi connectivity index (χ0v) is 22.2. The van der Waals surface area contributed by atoms with Gasteiger partial charge in [0.05, 0.1) is 22.7 Å². The van der Waals surface area contributed by atoms with Crippen molar-refractivity contribution in [2.45, 2.75) is 41.0 Å². The maximum Gasteiger partial charge on any atom is 0.335 e. The molecule has 8 heteroatoms. The number of nitrogens with zero attached hydrogens (tertiary/aromatic N) is 3. The van der Waals surface area contributed by atoms with Crippen molar-refractivity contribution in [3.8, 4) is 16.9 Å². The van der Waals surface area contributed by atoms with E-state index in [2.05, 4.69) is 55.5 Å². The molecule has 1 aliphatic heterocycles. The molecule has 0 aromatic heterocycles. The normalized spacial score (nSPS) is 24.3. The van der Waals surface area contributed by atoms with Crippen LogP contribution >= 0.6 is 0 Å². The lowest BCUT2D eigenvalue weighted by atomic mass is 9.74. The van der Waals surface area contributed by atoms with E-state index in [-0.39, 0.29) is 39.4 Å². The number of phenols is 1. The molecular weight excluding hydrogens is 480 g/mol. The van der Waals surface area contributed by atoms with Crippen LogP contribution in [0.4, 0.5) is 5.69 Å². The number of allylic oxidation sites excluding steroid dienone is 3.